The molecule has 0 amide bonds. The van der Waals surface area contributed by atoms with Gasteiger partial charge in [-0.1, -0.05) is 18.2 Å². The minimum absolute atomic E-state index is 0.162. The number of nitrogen functional groups attached to an aromatic ring is 1. The quantitative estimate of drug-likeness (QED) is 0.717. The molecule has 7 heteroatoms. The van der Waals surface area contributed by atoms with E-state index in [1.54, 1.807) is 16.1 Å². The van der Waals surface area contributed by atoms with Crippen molar-refractivity contribution in [1.82, 2.24) is 9.13 Å². The van der Waals surface area contributed by atoms with Crippen LogP contribution in [0, 0.1) is 29.1 Å². The summed E-state index contributed by atoms with van der Waals surface area (Å²) in [5, 5.41) is 9.23. The summed E-state index contributed by atoms with van der Waals surface area (Å²) in [6, 6.07) is 13.4. The Kier molecular flexibility index (Phi) is 4.57. The Morgan fingerprint density at radius 2 is 1.96 bits per heavy atom. The Bertz CT molecular complexity index is 1100. The first kappa shape index (κ1) is 17.1. The second kappa shape index (κ2) is 6.67. The van der Waals surface area contributed by atoms with Gasteiger partial charge < -0.3 is 10.3 Å². The topological polar surface area (TPSA) is 76.7 Å². The van der Waals surface area contributed by atoms with Gasteiger partial charge in [0.05, 0.1) is 11.4 Å². The van der Waals surface area contributed by atoms with Crippen LogP contribution in [0.25, 0.3) is 5.69 Å². The van der Waals surface area contributed by atoms with Crippen molar-refractivity contribution >= 4 is 29.4 Å². The summed E-state index contributed by atoms with van der Waals surface area (Å²) in [6.45, 7) is 3.90. The number of anilines is 1. The van der Waals surface area contributed by atoms with Crippen molar-refractivity contribution in [3.8, 4) is 11.8 Å². The number of nitriles is 1. The van der Waals surface area contributed by atoms with Crippen LogP contribution in [0.4, 0.5) is 5.82 Å². The summed E-state index contributed by atoms with van der Waals surface area (Å²) < 4.78 is 3.99. The van der Waals surface area contributed by atoms with Crippen molar-refractivity contribution in [2.75, 3.05) is 5.73 Å². The van der Waals surface area contributed by atoms with E-state index < -0.39 is 0 Å². The first-order valence-corrected chi connectivity index (χ1v) is 8.83. The van der Waals surface area contributed by atoms with E-state index in [9.17, 15) is 10.1 Å². The van der Waals surface area contributed by atoms with Gasteiger partial charge in [0.15, 0.2) is 3.95 Å². The smallest absolute Gasteiger partial charge is 0.269 e. The van der Waals surface area contributed by atoms with Crippen LogP contribution in [0.15, 0.2) is 41.2 Å². The predicted octanol–water partition coefficient (Wildman–Crippen LogP) is 3.55. The molecule has 0 spiro atoms. The normalized spacial score (nSPS) is 10.6. The number of nitrogens with zero attached hydrogens (tertiary/aromatic N) is 3. The van der Waals surface area contributed by atoms with E-state index in [0.29, 0.717) is 21.9 Å². The van der Waals surface area contributed by atoms with Gasteiger partial charge >= 0.3 is 0 Å². The van der Waals surface area contributed by atoms with Crippen molar-refractivity contribution in [3.63, 3.8) is 0 Å². The molecule has 0 bridgehead atoms. The van der Waals surface area contributed by atoms with Crippen LogP contribution in [0.3, 0.4) is 0 Å². The Hall–Kier alpha value is -2.69. The van der Waals surface area contributed by atoms with E-state index in [1.165, 1.54) is 11.3 Å². The molecule has 2 N–H and O–H groups in total. The summed E-state index contributed by atoms with van der Waals surface area (Å²) in [5.41, 5.74) is 8.53. The number of nitrogens with two attached hydrogens (primary N) is 1. The SMILES string of the molecule is Cc1cc(C)n(Cc2sc(=S)n(-c3ccccc3)c2N)c(=O)c1C#N. The molecule has 0 saturated carbocycles. The summed E-state index contributed by atoms with van der Waals surface area (Å²) in [6.07, 6.45) is 0. The highest BCUT2D eigenvalue weighted by Gasteiger charge is 2.15. The highest BCUT2D eigenvalue weighted by atomic mass is 32.1. The zero-order chi connectivity index (χ0) is 18.1. The maximum atomic E-state index is 12.6. The summed E-state index contributed by atoms with van der Waals surface area (Å²) in [5.74, 6) is 0.520. The predicted molar refractivity (Wildman–Crippen MR) is 103 cm³/mol. The van der Waals surface area contributed by atoms with E-state index >= 15 is 0 Å². The minimum atomic E-state index is -0.301. The molecule has 0 unspecified atom stereocenters. The van der Waals surface area contributed by atoms with E-state index in [2.05, 4.69) is 0 Å². The Morgan fingerprint density at radius 3 is 2.60 bits per heavy atom. The van der Waals surface area contributed by atoms with Gasteiger partial charge in [-0.15, -0.1) is 11.3 Å². The monoisotopic (exact) mass is 368 g/mol. The lowest BCUT2D eigenvalue weighted by molar-refractivity contribution is 0.732. The van der Waals surface area contributed by atoms with Gasteiger partial charge in [-0.05, 0) is 49.8 Å². The molecule has 1 aromatic carbocycles. The van der Waals surface area contributed by atoms with E-state index in [0.717, 1.165) is 16.3 Å². The molecular weight excluding hydrogens is 352 g/mol. The van der Waals surface area contributed by atoms with Crippen LogP contribution in [0.1, 0.15) is 21.7 Å². The highest BCUT2D eigenvalue weighted by Crippen LogP contribution is 2.27. The molecule has 5 nitrogen and oxygen atoms in total. The van der Waals surface area contributed by atoms with Gasteiger partial charge in [0.1, 0.15) is 17.5 Å². The van der Waals surface area contributed by atoms with E-state index in [-0.39, 0.29) is 11.1 Å². The summed E-state index contributed by atoms with van der Waals surface area (Å²) in [7, 11) is 0. The molecular formula is C18H16N4OS2. The van der Waals surface area contributed by atoms with Crippen molar-refractivity contribution in [1.29, 1.82) is 5.26 Å². The van der Waals surface area contributed by atoms with Gasteiger partial charge in [0, 0.05) is 11.4 Å². The molecule has 126 valence electrons. The second-order valence-electron chi connectivity index (χ2n) is 5.69. The Balaban J connectivity index is 2.12. The average molecular weight is 368 g/mol. The molecule has 25 heavy (non-hydrogen) atoms. The lowest BCUT2D eigenvalue weighted by Gasteiger charge is -2.12. The van der Waals surface area contributed by atoms with Gasteiger partial charge in [0.25, 0.3) is 5.56 Å². The summed E-state index contributed by atoms with van der Waals surface area (Å²) >= 11 is 6.83. The fourth-order valence-electron chi connectivity index (χ4n) is 2.76. The lowest BCUT2D eigenvalue weighted by atomic mass is 10.1. The van der Waals surface area contributed by atoms with E-state index in [4.69, 9.17) is 18.0 Å². The van der Waals surface area contributed by atoms with Crippen LogP contribution in [0.5, 0.6) is 0 Å². The molecule has 0 aliphatic heterocycles. The van der Waals surface area contributed by atoms with Crippen LogP contribution < -0.4 is 11.3 Å². The number of benzene rings is 1. The minimum Gasteiger partial charge on any atom is -0.384 e. The number of pyridine rings is 1. The molecule has 3 aromatic rings. The number of para-hydroxylation sites is 1. The number of aromatic nitrogens is 2. The standard InChI is InChI=1S/C18H16N4OS2/c1-11-8-12(2)21(17(23)14(11)9-19)10-15-16(20)22(18(24)25-15)13-6-4-3-5-7-13/h3-8H,10,20H2,1-2H3. The van der Waals surface area contributed by atoms with Crippen molar-refractivity contribution in [2.45, 2.75) is 20.4 Å². The molecule has 0 atom stereocenters. The number of rotatable bonds is 3. The third-order valence-corrected chi connectivity index (χ3v) is 5.43. The first-order valence-electron chi connectivity index (χ1n) is 7.60. The van der Waals surface area contributed by atoms with Crippen molar-refractivity contribution in [2.24, 2.45) is 0 Å². The molecule has 3 rings (SSSR count). The van der Waals surface area contributed by atoms with E-state index in [1.807, 2.05) is 49.4 Å². The van der Waals surface area contributed by atoms with Gasteiger partial charge in [-0.2, -0.15) is 5.26 Å². The molecule has 0 aliphatic carbocycles. The van der Waals surface area contributed by atoms with Crippen LogP contribution >= 0.6 is 23.6 Å². The number of thiazole rings is 1. The highest BCUT2D eigenvalue weighted by molar-refractivity contribution is 7.73. The second-order valence-corrected chi connectivity index (χ2v) is 7.42. The third kappa shape index (κ3) is 3.02. The summed E-state index contributed by atoms with van der Waals surface area (Å²) in [4.78, 5) is 13.4. The molecule has 0 saturated heterocycles. The largest absolute Gasteiger partial charge is 0.384 e. The van der Waals surface area contributed by atoms with Crippen LogP contribution in [-0.2, 0) is 6.54 Å². The number of hydrogen-bond acceptors (Lipinski definition) is 5. The van der Waals surface area contributed by atoms with Gasteiger partial charge in [0.2, 0.25) is 0 Å². The fraction of sp³-hybridized carbons (Fsp3) is 0.167. The maximum Gasteiger partial charge on any atom is 0.269 e. The zero-order valence-electron chi connectivity index (χ0n) is 13.8. The Labute approximate surface area is 154 Å². The molecule has 0 aliphatic rings. The fourth-order valence-corrected chi connectivity index (χ4v) is 4.17. The maximum absolute atomic E-state index is 12.6. The first-order chi connectivity index (χ1) is 11.9. The van der Waals surface area contributed by atoms with Crippen molar-refractivity contribution in [3.05, 3.63) is 72.4 Å². The Morgan fingerprint density at radius 1 is 1.28 bits per heavy atom. The van der Waals surface area contributed by atoms with Crippen LogP contribution in [-0.4, -0.2) is 9.13 Å². The van der Waals surface area contributed by atoms with Crippen LogP contribution in [0.2, 0.25) is 0 Å². The lowest BCUT2D eigenvalue weighted by Crippen LogP contribution is -2.26. The third-order valence-electron chi connectivity index (χ3n) is 4.05. The average Bonchev–Trinajstić information content (AvgIpc) is 2.86. The molecule has 2 heterocycles. The van der Waals surface area contributed by atoms with Crippen molar-refractivity contribution < 1.29 is 0 Å². The zero-order valence-corrected chi connectivity index (χ0v) is 15.4. The molecule has 0 fully saturated rings. The van der Waals surface area contributed by atoms with Gasteiger partial charge in [-0.3, -0.25) is 9.36 Å². The number of hydrogen-bond donors (Lipinski definition) is 1. The van der Waals surface area contributed by atoms with Gasteiger partial charge in [-0.25, -0.2) is 0 Å². The number of aryl methyl sites for hydroxylation is 2. The molecule has 0 radical (unpaired) electrons. The molecule has 2 aromatic heterocycles.